The number of thioether (sulfide) groups is 1. The number of hydrogen-bond donors (Lipinski definition) is 0. The molecule has 0 radical (unpaired) electrons. The minimum Gasteiger partial charge on any atom is -0.497 e. The molecular formula is C20H20N2O2S. The Balaban J connectivity index is 1.97. The van der Waals surface area contributed by atoms with Gasteiger partial charge in [-0.25, -0.2) is 4.99 Å². The summed E-state index contributed by atoms with van der Waals surface area (Å²) in [6.45, 7) is 4.06. The summed E-state index contributed by atoms with van der Waals surface area (Å²) in [5.41, 5.74) is 4.45. The van der Waals surface area contributed by atoms with Crippen LogP contribution < -0.4 is 9.64 Å². The van der Waals surface area contributed by atoms with Gasteiger partial charge in [0.2, 0.25) is 0 Å². The van der Waals surface area contributed by atoms with Crippen molar-refractivity contribution >= 4 is 34.6 Å². The Bertz CT molecular complexity index is 850. The number of aryl methyl sites for hydroxylation is 2. The van der Waals surface area contributed by atoms with Crippen LogP contribution in [0.15, 0.2) is 53.2 Å². The summed E-state index contributed by atoms with van der Waals surface area (Å²) in [5, 5.41) is 0.690. The third-order valence-electron chi connectivity index (χ3n) is 3.90. The van der Waals surface area contributed by atoms with Crippen molar-refractivity contribution in [2.45, 2.75) is 13.8 Å². The van der Waals surface area contributed by atoms with E-state index in [1.807, 2.05) is 56.5 Å². The molecule has 0 saturated carbocycles. The maximum absolute atomic E-state index is 12.9. The largest absolute Gasteiger partial charge is 0.497 e. The van der Waals surface area contributed by atoms with Gasteiger partial charge in [-0.1, -0.05) is 30.0 Å². The number of carbonyl (C=O) groups is 1. The molecule has 0 unspecified atom stereocenters. The standard InChI is InChI=1S/C20H20N2O2S/c1-13-9-14(2)11-16(10-13)22-19(23)18(21-20(22)25-4)12-15-5-7-17(24-3)8-6-15/h5-12H,1-4H3/b18-12-. The number of anilines is 1. The first-order valence-electron chi connectivity index (χ1n) is 7.93. The zero-order chi connectivity index (χ0) is 18.0. The number of methoxy groups -OCH3 is 1. The van der Waals surface area contributed by atoms with E-state index in [1.165, 1.54) is 11.8 Å². The third-order valence-corrected chi connectivity index (χ3v) is 4.54. The van der Waals surface area contributed by atoms with Crippen LogP contribution in [0.25, 0.3) is 6.08 Å². The van der Waals surface area contributed by atoms with E-state index in [0.717, 1.165) is 28.1 Å². The van der Waals surface area contributed by atoms with Crippen LogP contribution in [0.1, 0.15) is 16.7 Å². The summed E-state index contributed by atoms with van der Waals surface area (Å²) >= 11 is 1.47. The van der Waals surface area contributed by atoms with Crippen LogP contribution in [0.3, 0.4) is 0 Å². The maximum Gasteiger partial charge on any atom is 0.283 e. The van der Waals surface area contributed by atoms with E-state index in [2.05, 4.69) is 11.1 Å². The highest BCUT2D eigenvalue weighted by Crippen LogP contribution is 2.30. The van der Waals surface area contributed by atoms with Gasteiger partial charge in [-0.3, -0.25) is 9.69 Å². The molecule has 0 spiro atoms. The van der Waals surface area contributed by atoms with Crippen molar-refractivity contribution in [2.75, 3.05) is 18.3 Å². The van der Waals surface area contributed by atoms with Crippen molar-refractivity contribution in [1.29, 1.82) is 0 Å². The quantitative estimate of drug-likeness (QED) is 0.768. The zero-order valence-electron chi connectivity index (χ0n) is 14.7. The molecule has 0 aliphatic carbocycles. The second kappa shape index (κ2) is 7.15. The van der Waals surface area contributed by atoms with Crippen LogP contribution in [0.2, 0.25) is 0 Å². The molecule has 0 fully saturated rings. The van der Waals surface area contributed by atoms with Crippen LogP contribution in [0, 0.1) is 13.8 Å². The SMILES string of the molecule is COc1ccc(/C=C2\N=C(SC)N(c3cc(C)cc(C)c3)C2=O)cc1. The first-order chi connectivity index (χ1) is 12.0. The normalized spacial score (nSPS) is 15.7. The van der Waals surface area contributed by atoms with Crippen molar-refractivity contribution in [3.05, 3.63) is 64.9 Å². The van der Waals surface area contributed by atoms with Crippen LogP contribution in [0.5, 0.6) is 5.75 Å². The van der Waals surface area contributed by atoms with E-state index in [9.17, 15) is 4.79 Å². The van der Waals surface area contributed by atoms with Crippen LogP contribution in [-0.2, 0) is 4.79 Å². The number of hydrogen-bond acceptors (Lipinski definition) is 4. The number of benzene rings is 2. The molecule has 0 saturated heterocycles. The van der Waals surface area contributed by atoms with E-state index < -0.39 is 0 Å². The van der Waals surface area contributed by atoms with Gasteiger partial charge in [0.05, 0.1) is 12.8 Å². The fourth-order valence-electron chi connectivity index (χ4n) is 2.80. The van der Waals surface area contributed by atoms with Gasteiger partial charge < -0.3 is 4.74 Å². The summed E-state index contributed by atoms with van der Waals surface area (Å²) < 4.78 is 5.17. The lowest BCUT2D eigenvalue weighted by atomic mass is 10.1. The smallest absolute Gasteiger partial charge is 0.283 e. The third kappa shape index (κ3) is 3.61. The number of carbonyl (C=O) groups excluding carboxylic acids is 1. The van der Waals surface area contributed by atoms with Crippen molar-refractivity contribution in [1.82, 2.24) is 0 Å². The average molecular weight is 352 g/mol. The Morgan fingerprint density at radius 1 is 1.08 bits per heavy atom. The summed E-state index contributed by atoms with van der Waals surface area (Å²) in [7, 11) is 1.63. The molecule has 3 rings (SSSR count). The molecule has 4 nitrogen and oxygen atoms in total. The molecule has 25 heavy (non-hydrogen) atoms. The van der Waals surface area contributed by atoms with Gasteiger partial charge in [-0.15, -0.1) is 0 Å². The molecule has 0 aromatic heterocycles. The van der Waals surface area contributed by atoms with E-state index in [4.69, 9.17) is 4.74 Å². The lowest BCUT2D eigenvalue weighted by Gasteiger charge is -2.18. The van der Waals surface area contributed by atoms with Crippen LogP contribution in [-0.4, -0.2) is 24.4 Å². The first-order valence-corrected chi connectivity index (χ1v) is 9.15. The number of ether oxygens (including phenoxy) is 1. The monoisotopic (exact) mass is 352 g/mol. The van der Waals surface area contributed by atoms with E-state index in [-0.39, 0.29) is 5.91 Å². The number of amidine groups is 1. The summed E-state index contributed by atoms with van der Waals surface area (Å²) in [6, 6.07) is 13.7. The van der Waals surface area contributed by atoms with E-state index in [0.29, 0.717) is 10.9 Å². The molecular weight excluding hydrogens is 332 g/mol. The fraction of sp³-hybridized carbons (Fsp3) is 0.200. The minimum absolute atomic E-state index is 0.106. The predicted octanol–water partition coefficient (Wildman–Crippen LogP) is 4.42. The number of rotatable bonds is 3. The number of aliphatic imine (C=N–C) groups is 1. The predicted molar refractivity (Wildman–Crippen MR) is 105 cm³/mol. The number of nitrogens with zero attached hydrogens (tertiary/aromatic N) is 2. The topological polar surface area (TPSA) is 41.9 Å². The Kier molecular flexibility index (Phi) is 4.95. The summed E-state index contributed by atoms with van der Waals surface area (Å²) in [4.78, 5) is 19.1. The molecule has 1 aliphatic rings. The molecule has 1 aliphatic heterocycles. The molecule has 0 N–H and O–H groups in total. The second-order valence-electron chi connectivity index (χ2n) is 5.89. The lowest BCUT2D eigenvalue weighted by Crippen LogP contribution is -2.30. The Hall–Kier alpha value is -2.53. The maximum atomic E-state index is 12.9. The Labute approximate surface area is 152 Å². The molecule has 5 heteroatoms. The van der Waals surface area contributed by atoms with Gasteiger partial charge in [0.15, 0.2) is 5.17 Å². The molecule has 1 amide bonds. The van der Waals surface area contributed by atoms with Gasteiger partial charge in [0, 0.05) is 0 Å². The van der Waals surface area contributed by atoms with Crippen molar-refractivity contribution in [3.8, 4) is 5.75 Å². The van der Waals surface area contributed by atoms with Gasteiger partial charge in [-0.2, -0.15) is 0 Å². The summed E-state index contributed by atoms with van der Waals surface area (Å²) in [6.07, 6.45) is 3.73. The Morgan fingerprint density at radius 2 is 1.72 bits per heavy atom. The minimum atomic E-state index is -0.106. The van der Waals surface area contributed by atoms with Crippen molar-refractivity contribution < 1.29 is 9.53 Å². The zero-order valence-corrected chi connectivity index (χ0v) is 15.6. The van der Waals surface area contributed by atoms with Crippen LogP contribution in [0.4, 0.5) is 5.69 Å². The lowest BCUT2D eigenvalue weighted by molar-refractivity contribution is -0.113. The second-order valence-corrected chi connectivity index (χ2v) is 6.66. The highest BCUT2D eigenvalue weighted by Gasteiger charge is 2.31. The Morgan fingerprint density at radius 3 is 2.28 bits per heavy atom. The van der Waals surface area contributed by atoms with Gasteiger partial charge in [-0.05, 0) is 67.1 Å². The van der Waals surface area contributed by atoms with Gasteiger partial charge >= 0.3 is 0 Å². The molecule has 128 valence electrons. The van der Waals surface area contributed by atoms with Crippen molar-refractivity contribution in [3.63, 3.8) is 0 Å². The molecule has 2 aromatic rings. The van der Waals surface area contributed by atoms with Crippen molar-refractivity contribution in [2.24, 2.45) is 4.99 Å². The van der Waals surface area contributed by atoms with E-state index in [1.54, 1.807) is 18.1 Å². The average Bonchev–Trinajstić information content (AvgIpc) is 2.90. The summed E-state index contributed by atoms with van der Waals surface area (Å²) in [5.74, 6) is 0.676. The fourth-order valence-corrected chi connectivity index (χ4v) is 3.36. The molecule has 0 bridgehead atoms. The molecule has 1 heterocycles. The van der Waals surface area contributed by atoms with Gasteiger partial charge in [0.25, 0.3) is 5.91 Å². The van der Waals surface area contributed by atoms with Crippen LogP contribution >= 0.6 is 11.8 Å². The highest BCUT2D eigenvalue weighted by atomic mass is 32.2. The molecule has 0 atom stereocenters. The number of amides is 1. The molecule has 2 aromatic carbocycles. The van der Waals surface area contributed by atoms with Gasteiger partial charge in [0.1, 0.15) is 11.4 Å². The highest BCUT2D eigenvalue weighted by molar-refractivity contribution is 8.13. The first kappa shape index (κ1) is 17.3. The van der Waals surface area contributed by atoms with E-state index >= 15 is 0 Å².